The molecule has 0 saturated carbocycles. The molecule has 3 nitrogen and oxygen atoms in total. The van der Waals surface area contributed by atoms with E-state index in [1.807, 2.05) is 12.3 Å². The third-order valence-corrected chi connectivity index (χ3v) is 3.64. The van der Waals surface area contributed by atoms with Crippen molar-refractivity contribution in [3.05, 3.63) is 35.6 Å². The first-order chi connectivity index (χ1) is 8.83. The summed E-state index contributed by atoms with van der Waals surface area (Å²) < 4.78 is 0. The summed E-state index contributed by atoms with van der Waals surface area (Å²) in [6.45, 7) is 2.18. The zero-order chi connectivity index (χ0) is 12.4. The number of piperidine rings is 1. The third kappa shape index (κ3) is 3.30. The Balaban J connectivity index is 0.00000133. The van der Waals surface area contributed by atoms with Crippen molar-refractivity contribution in [1.82, 2.24) is 10.3 Å². The van der Waals surface area contributed by atoms with Crippen molar-refractivity contribution in [3.8, 4) is 0 Å². The van der Waals surface area contributed by atoms with Gasteiger partial charge in [-0.1, -0.05) is 23.7 Å². The molecule has 1 aromatic carbocycles. The number of nitrogens with one attached hydrogen (secondary N) is 2. The summed E-state index contributed by atoms with van der Waals surface area (Å²) in [6.07, 6.45) is 4.15. The predicted molar refractivity (Wildman–Crippen MR) is 83.5 cm³/mol. The van der Waals surface area contributed by atoms with Gasteiger partial charge in [0.05, 0.1) is 0 Å². The van der Waals surface area contributed by atoms with Crippen LogP contribution in [0.15, 0.2) is 30.5 Å². The first-order valence-electron chi connectivity index (χ1n) is 6.34. The first-order valence-corrected chi connectivity index (χ1v) is 6.72. The Kier molecular flexibility index (Phi) is 4.86. The summed E-state index contributed by atoms with van der Waals surface area (Å²) in [5.41, 5.74) is 1.16. The molecule has 19 heavy (non-hydrogen) atoms. The second-order valence-electron chi connectivity index (χ2n) is 4.70. The van der Waals surface area contributed by atoms with Crippen LogP contribution in [0.5, 0.6) is 0 Å². The zero-order valence-electron chi connectivity index (χ0n) is 10.5. The average molecular weight is 298 g/mol. The van der Waals surface area contributed by atoms with Crippen LogP contribution in [0, 0.1) is 0 Å². The normalized spacial score (nSPS) is 16.1. The Morgan fingerprint density at radius 2 is 2.05 bits per heavy atom. The van der Waals surface area contributed by atoms with Crippen molar-refractivity contribution in [3.63, 3.8) is 0 Å². The lowest BCUT2D eigenvalue weighted by molar-refractivity contribution is 0.479. The van der Waals surface area contributed by atoms with Gasteiger partial charge >= 0.3 is 0 Å². The van der Waals surface area contributed by atoms with E-state index in [0.717, 1.165) is 42.4 Å². The highest BCUT2D eigenvalue weighted by molar-refractivity contribution is 6.30. The largest absolute Gasteiger partial charge is 0.382 e. The summed E-state index contributed by atoms with van der Waals surface area (Å²) in [7, 11) is 0. The number of nitrogens with zero attached hydrogens (tertiary/aromatic N) is 1. The van der Waals surface area contributed by atoms with Crippen LogP contribution in [0.3, 0.4) is 0 Å². The SMILES string of the molecule is Cl.Clc1cc2c(NC3CCNCC3)cccc2cn1. The van der Waals surface area contributed by atoms with Crippen LogP contribution in [-0.2, 0) is 0 Å². The smallest absolute Gasteiger partial charge is 0.129 e. The molecule has 0 bridgehead atoms. The Hall–Kier alpha value is -1.03. The van der Waals surface area contributed by atoms with Crippen molar-refractivity contribution < 1.29 is 0 Å². The molecule has 2 N–H and O–H groups in total. The molecule has 1 aliphatic heterocycles. The van der Waals surface area contributed by atoms with Crippen molar-refractivity contribution in [2.24, 2.45) is 0 Å². The Bertz CT molecular complexity index is 553. The maximum absolute atomic E-state index is 5.98. The number of aromatic nitrogens is 1. The number of hydrogen-bond acceptors (Lipinski definition) is 3. The number of rotatable bonds is 2. The Morgan fingerprint density at radius 3 is 2.84 bits per heavy atom. The summed E-state index contributed by atoms with van der Waals surface area (Å²) in [5.74, 6) is 0. The number of pyridine rings is 1. The van der Waals surface area contributed by atoms with Crippen molar-refractivity contribution >= 4 is 40.5 Å². The Labute approximate surface area is 124 Å². The maximum Gasteiger partial charge on any atom is 0.129 e. The monoisotopic (exact) mass is 297 g/mol. The Morgan fingerprint density at radius 1 is 1.26 bits per heavy atom. The highest BCUT2D eigenvalue weighted by Crippen LogP contribution is 2.26. The summed E-state index contributed by atoms with van der Waals surface area (Å²) in [5, 5.41) is 9.82. The lowest BCUT2D eigenvalue weighted by Crippen LogP contribution is -2.35. The summed E-state index contributed by atoms with van der Waals surface area (Å²) >= 11 is 5.98. The standard InChI is InChI=1S/C14H16ClN3.ClH/c15-14-8-12-10(9-17-14)2-1-3-13(12)18-11-4-6-16-7-5-11;/h1-3,8-9,11,16,18H,4-7H2;1H. The number of anilines is 1. The lowest BCUT2D eigenvalue weighted by Gasteiger charge is -2.25. The summed E-state index contributed by atoms with van der Waals surface area (Å²) in [4.78, 5) is 4.12. The van der Waals surface area contributed by atoms with Crippen LogP contribution in [-0.4, -0.2) is 24.1 Å². The third-order valence-electron chi connectivity index (χ3n) is 3.43. The molecule has 1 fully saturated rings. The lowest BCUT2D eigenvalue weighted by atomic mass is 10.0. The maximum atomic E-state index is 5.98. The summed E-state index contributed by atoms with van der Waals surface area (Å²) in [6, 6.07) is 8.71. The van der Waals surface area contributed by atoms with Crippen LogP contribution in [0.4, 0.5) is 5.69 Å². The predicted octanol–water partition coefficient (Wildman–Crippen LogP) is 3.47. The minimum absolute atomic E-state index is 0. The number of hydrogen-bond donors (Lipinski definition) is 2. The van der Waals surface area contributed by atoms with E-state index in [2.05, 4.69) is 33.8 Å². The molecule has 0 amide bonds. The highest BCUT2D eigenvalue weighted by atomic mass is 35.5. The van der Waals surface area contributed by atoms with E-state index in [9.17, 15) is 0 Å². The van der Waals surface area contributed by atoms with Crippen LogP contribution in [0.2, 0.25) is 5.15 Å². The highest BCUT2D eigenvalue weighted by Gasteiger charge is 2.13. The molecule has 0 spiro atoms. The van der Waals surface area contributed by atoms with Crippen LogP contribution in [0.1, 0.15) is 12.8 Å². The molecule has 1 aliphatic rings. The number of halogens is 2. The van der Waals surface area contributed by atoms with Gasteiger partial charge in [-0.15, -0.1) is 12.4 Å². The molecule has 5 heteroatoms. The van der Waals surface area contributed by atoms with Gasteiger partial charge in [-0.05, 0) is 38.1 Å². The molecule has 1 saturated heterocycles. The van der Waals surface area contributed by atoms with Crippen molar-refractivity contribution in [2.45, 2.75) is 18.9 Å². The molecule has 0 aliphatic carbocycles. The minimum Gasteiger partial charge on any atom is -0.382 e. The van der Waals surface area contributed by atoms with Gasteiger partial charge in [0.25, 0.3) is 0 Å². The first kappa shape index (κ1) is 14.4. The van der Waals surface area contributed by atoms with E-state index in [1.165, 1.54) is 0 Å². The molecular weight excluding hydrogens is 281 g/mol. The number of fused-ring (bicyclic) bond motifs is 1. The molecule has 2 heterocycles. The molecule has 3 rings (SSSR count). The van der Waals surface area contributed by atoms with E-state index in [1.54, 1.807) is 0 Å². The average Bonchev–Trinajstić information content (AvgIpc) is 2.41. The van der Waals surface area contributed by atoms with Gasteiger partial charge in [0, 0.05) is 28.7 Å². The van der Waals surface area contributed by atoms with Gasteiger partial charge in [0.15, 0.2) is 0 Å². The van der Waals surface area contributed by atoms with E-state index in [0.29, 0.717) is 11.2 Å². The second kappa shape index (κ2) is 6.42. The van der Waals surface area contributed by atoms with Crippen molar-refractivity contribution in [1.29, 1.82) is 0 Å². The van der Waals surface area contributed by atoms with Crippen LogP contribution in [0.25, 0.3) is 10.8 Å². The molecule has 1 aromatic heterocycles. The van der Waals surface area contributed by atoms with Gasteiger partial charge in [-0.3, -0.25) is 0 Å². The quantitative estimate of drug-likeness (QED) is 0.834. The minimum atomic E-state index is 0. The van der Waals surface area contributed by atoms with E-state index in [4.69, 9.17) is 11.6 Å². The topological polar surface area (TPSA) is 37.0 Å². The fraction of sp³-hybridized carbons (Fsp3) is 0.357. The van der Waals surface area contributed by atoms with Crippen molar-refractivity contribution in [2.75, 3.05) is 18.4 Å². The van der Waals surface area contributed by atoms with E-state index < -0.39 is 0 Å². The fourth-order valence-corrected chi connectivity index (χ4v) is 2.61. The van der Waals surface area contributed by atoms with E-state index >= 15 is 0 Å². The molecule has 0 atom stereocenters. The van der Waals surface area contributed by atoms with Gasteiger partial charge < -0.3 is 10.6 Å². The van der Waals surface area contributed by atoms with Gasteiger partial charge in [-0.25, -0.2) is 4.98 Å². The molecule has 2 aromatic rings. The van der Waals surface area contributed by atoms with Crippen LogP contribution < -0.4 is 10.6 Å². The number of benzene rings is 1. The second-order valence-corrected chi connectivity index (χ2v) is 5.09. The van der Waals surface area contributed by atoms with Gasteiger partial charge in [0.1, 0.15) is 5.15 Å². The van der Waals surface area contributed by atoms with Gasteiger partial charge in [0.2, 0.25) is 0 Å². The fourth-order valence-electron chi connectivity index (χ4n) is 2.46. The molecule has 102 valence electrons. The van der Waals surface area contributed by atoms with E-state index in [-0.39, 0.29) is 12.4 Å². The zero-order valence-corrected chi connectivity index (χ0v) is 12.1. The molecule has 0 unspecified atom stereocenters. The molecular formula is C14H17Cl2N3. The van der Waals surface area contributed by atoms with Gasteiger partial charge in [-0.2, -0.15) is 0 Å². The van der Waals surface area contributed by atoms with Crippen LogP contribution >= 0.6 is 24.0 Å². The molecule has 0 radical (unpaired) electrons.